The van der Waals surface area contributed by atoms with Gasteiger partial charge in [-0.3, -0.25) is 9.10 Å². The molecule has 0 unspecified atom stereocenters. The predicted molar refractivity (Wildman–Crippen MR) is 140 cm³/mol. The summed E-state index contributed by atoms with van der Waals surface area (Å²) in [5.74, 6) is 1.11. The van der Waals surface area contributed by atoms with Gasteiger partial charge in [0, 0.05) is 11.6 Å². The molecule has 0 aliphatic rings. The lowest BCUT2D eigenvalue weighted by Crippen LogP contribution is -2.39. The van der Waals surface area contributed by atoms with Crippen molar-refractivity contribution < 1.29 is 32.2 Å². The third kappa shape index (κ3) is 6.70. The minimum Gasteiger partial charge on any atom is -0.497 e. The Hall–Kier alpha value is -4.25. The number of nitrogens with one attached hydrogen (secondary N) is 1. The molecule has 0 aliphatic heterocycles. The van der Waals surface area contributed by atoms with Crippen molar-refractivity contribution >= 4 is 27.8 Å². The first-order valence-corrected chi connectivity index (χ1v) is 12.7. The van der Waals surface area contributed by atoms with Crippen LogP contribution in [0.1, 0.15) is 12.5 Å². The maximum absolute atomic E-state index is 13.7. The molecule has 3 rings (SSSR count). The number of carbonyl (C=O) groups is 1. The van der Waals surface area contributed by atoms with Crippen LogP contribution in [0.25, 0.3) is 0 Å². The van der Waals surface area contributed by atoms with Crippen molar-refractivity contribution in [2.75, 3.05) is 38.8 Å². The average molecular weight is 528 g/mol. The Bertz CT molecular complexity index is 1340. The van der Waals surface area contributed by atoms with Crippen molar-refractivity contribution in [3.63, 3.8) is 0 Å². The van der Waals surface area contributed by atoms with Crippen LogP contribution in [0.3, 0.4) is 0 Å². The van der Waals surface area contributed by atoms with Gasteiger partial charge in [0.05, 0.1) is 44.7 Å². The number of benzene rings is 3. The normalized spacial score (nSPS) is 11.1. The molecule has 0 saturated carbocycles. The summed E-state index contributed by atoms with van der Waals surface area (Å²) in [4.78, 5) is 12.7. The van der Waals surface area contributed by atoms with Crippen molar-refractivity contribution in [1.82, 2.24) is 5.43 Å². The molecule has 10 nitrogen and oxygen atoms in total. The molecule has 0 spiro atoms. The van der Waals surface area contributed by atoms with Crippen LogP contribution in [0.4, 0.5) is 5.69 Å². The van der Waals surface area contributed by atoms with E-state index in [4.69, 9.17) is 18.9 Å². The Balaban J connectivity index is 1.89. The molecule has 196 valence electrons. The largest absolute Gasteiger partial charge is 0.497 e. The summed E-state index contributed by atoms with van der Waals surface area (Å²) in [6.45, 7) is 1.80. The van der Waals surface area contributed by atoms with Crippen molar-refractivity contribution in [2.45, 2.75) is 11.8 Å². The summed E-state index contributed by atoms with van der Waals surface area (Å²) in [5.41, 5.74) is 3.31. The highest BCUT2D eigenvalue weighted by molar-refractivity contribution is 7.92. The summed E-state index contributed by atoms with van der Waals surface area (Å²) in [7, 11) is 0.168. The molecule has 0 heterocycles. The molecule has 0 aromatic heterocycles. The first kappa shape index (κ1) is 27.3. The zero-order valence-corrected chi connectivity index (χ0v) is 21.8. The quantitative estimate of drug-likeness (QED) is 0.283. The fourth-order valence-electron chi connectivity index (χ4n) is 3.38. The van der Waals surface area contributed by atoms with Gasteiger partial charge in [0.1, 0.15) is 18.0 Å². The number of nitrogens with zero attached hydrogens (tertiary/aromatic N) is 2. The average Bonchev–Trinajstić information content (AvgIpc) is 2.92. The predicted octanol–water partition coefficient (Wildman–Crippen LogP) is 3.46. The third-order valence-corrected chi connectivity index (χ3v) is 6.97. The second-order valence-corrected chi connectivity index (χ2v) is 9.35. The van der Waals surface area contributed by atoms with Crippen LogP contribution in [0, 0.1) is 0 Å². The summed E-state index contributed by atoms with van der Waals surface area (Å²) in [6.07, 6.45) is 1.43. The number of carbonyl (C=O) groups excluding carboxylic acids is 1. The Morgan fingerprint density at radius 3 is 2.27 bits per heavy atom. The van der Waals surface area contributed by atoms with Gasteiger partial charge in [-0.15, -0.1) is 0 Å². The van der Waals surface area contributed by atoms with Gasteiger partial charge in [0.15, 0.2) is 11.5 Å². The first-order valence-electron chi connectivity index (χ1n) is 11.3. The van der Waals surface area contributed by atoms with Crippen LogP contribution in [0.15, 0.2) is 76.7 Å². The SMILES string of the molecule is CCOc1ccccc1/C=N\NC(=O)CN(c1ccc(OC)cc1)S(=O)(=O)c1ccc(OC)c(OC)c1. The maximum atomic E-state index is 13.7. The fraction of sp³-hybridized carbons (Fsp3) is 0.231. The van der Waals surface area contributed by atoms with Gasteiger partial charge < -0.3 is 18.9 Å². The van der Waals surface area contributed by atoms with Gasteiger partial charge in [-0.2, -0.15) is 5.10 Å². The highest BCUT2D eigenvalue weighted by atomic mass is 32.2. The Labute approximate surface area is 216 Å². The van der Waals surface area contributed by atoms with Crippen LogP contribution in [-0.4, -0.2) is 55.0 Å². The minimum absolute atomic E-state index is 0.0806. The zero-order chi connectivity index (χ0) is 26.8. The molecule has 0 saturated heterocycles. The van der Waals surface area contributed by atoms with Gasteiger partial charge in [0.2, 0.25) is 0 Å². The molecular formula is C26H29N3O7S. The highest BCUT2D eigenvalue weighted by Gasteiger charge is 2.28. The van der Waals surface area contributed by atoms with E-state index in [2.05, 4.69) is 10.5 Å². The second-order valence-electron chi connectivity index (χ2n) is 7.49. The second kappa shape index (κ2) is 12.6. The highest BCUT2D eigenvalue weighted by Crippen LogP contribution is 2.32. The van der Waals surface area contributed by atoms with Crippen LogP contribution in [-0.2, 0) is 14.8 Å². The van der Waals surface area contributed by atoms with E-state index in [1.165, 1.54) is 45.7 Å². The first-order chi connectivity index (χ1) is 17.8. The van der Waals surface area contributed by atoms with E-state index >= 15 is 0 Å². The van der Waals surface area contributed by atoms with Crippen molar-refractivity contribution in [1.29, 1.82) is 0 Å². The van der Waals surface area contributed by atoms with Gasteiger partial charge in [-0.05, 0) is 55.5 Å². The van der Waals surface area contributed by atoms with Crippen molar-refractivity contribution in [2.24, 2.45) is 5.10 Å². The van der Waals surface area contributed by atoms with Crippen molar-refractivity contribution in [3.8, 4) is 23.0 Å². The summed E-state index contributed by atoms with van der Waals surface area (Å²) in [6, 6.07) is 17.7. The van der Waals surface area contributed by atoms with Crippen LogP contribution < -0.4 is 28.7 Å². The summed E-state index contributed by atoms with van der Waals surface area (Å²) >= 11 is 0. The van der Waals surface area contributed by atoms with E-state index in [0.717, 1.165) is 4.31 Å². The number of amides is 1. The van der Waals surface area contributed by atoms with E-state index in [0.29, 0.717) is 29.4 Å². The van der Waals surface area contributed by atoms with Crippen LogP contribution in [0.2, 0.25) is 0 Å². The number of methoxy groups -OCH3 is 3. The monoisotopic (exact) mass is 527 g/mol. The molecule has 0 aliphatic carbocycles. The molecular weight excluding hydrogens is 498 g/mol. The molecule has 0 bridgehead atoms. The molecule has 0 atom stereocenters. The molecule has 1 amide bonds. The van der Waals surface area contributed by atoms with E-state index in [1.807, 2.05) is 19.1 Å². The number of para-hydroxylation sites is 1. The van der Waals surface area contributed by atoms with E-state index in [9.17, 15) is 13.2 Å². The van der Waals surface area contributed by atoms with E-state index < -0.39 is 22.5 Å². The molecule has 11 heteroatoms. The Morgan fingerprint density at radius 2 is 1.62 bits per heavy atom. The van der Waals surface area contributed by atoms with Crippen molar-refractivity contribution in [3.05, 3.63) is 72.3 Å². The summed E-state index contributed by atoms with van der Waals surface area (Å²) < 4.78 is 49.5. The van der Waals surface area contributed by atoms with E-state index in [1.54, 1.807) is 36.4 Å². The van der Waals surface area contributed by atoms with Gasteiger partial charge in [-0.25, -0.2) is 13.8 Å². The topological polar surface area (TPSA) is 116 Å². The number of sulfonamides is 1. The Kier molecular flexibility index (Phi) is 9.33. The minimum atomic E-state index is -4.19. The smallest absolute Gasteiger partial charge is 0.264 e. The van der Waals surface area contributed by atoms with Crippen LogP contribution in [0.5, 0.6) is 23.0 Å². The van der Waals surface area contributed by atoms with Gasteiger partial charge >= 0.3 is 0 Å². The fourth-order valence-corrected chi connectivity index (χ4v) is 4.82. The lowest BCUT2D eigenvalue weighted by atomic mass is 10.2. The number of hydrazone groups is 1. The number of ether oxygens (including phenoxy) is 4. The standard InChI is InChI=1S/C26H29N3O7S/c1-5-36-23-9-7-6-8-19(23)17-27-28-26(30)18-29(20-10-12-21(33-2)13-11-20)37(31,32)22-14-15-24(34-3)25(16-22)35-4/h6-17H,5,18H2,1-4H3,(H,28,30)/b27-17-. The molecule has 3 aromatic carbocycles. The molecule has 0 radical (unpaired) electrons. The summed E-state index contributed by atoms with van der Waals surface area (Å²) in [5, 5.41) is 3.98. The zero-order valence-electron chi connectivity index (χ0n) is 21.0. The lowest BCUT2D eigenvalue weighted by Gasteiger charge is -2.24. The lowest BCUT2D eigenvalue weighted by molar-refractivity contribution is -0.119. The van der Waals surface area contributed by atoms with E-state index in [-0.39, 0.29) is 16.3 Å². The van der Waals surface area contributed by atoms with Crippen LogP contribution >= 0.6 is 0 Å². The number of rotatable bonds is 12. The van der Waals surface area contributed by atoms with Gasteiger partial charge in [-0.1, -0.05) is 12.1 Å². The molecule has 1 N–H and O–H groups in total. The molecule has 37 heavy (non-hydrogen) atoms. The molecule has 0 fully saturated rings. The number of hydrogen-bond donors (Lipinski definition) is 1. The maximum Gasteiger partial charge on any atom is 0.264 e. The number of hydrogen-bond acceptors (Lipinski definition) is 8. The van der Waals surface area contributed by atoms with Gasteiger partial charge in [0.25, 0.3) is 15.9 Å². The Morgan fingerprint density at radius 1 is 0.919 bits per heavy atom. The number of anilines is 1. The third-order valence-electron chi connectivity index (χ3n) is 5.20. The molecule has 3 aromatic rings.